The second-order valence-corrected chi connectivity index (χ2v) is 8.41. The van der Waals surface area contributed by atoms with Crippen molar-refractivity contribution in [3.8, 4) is 18.2 Å². The van der Waals surface area contributed by atoms with Crippen LogP contribution in [0.4, 0.5) is 5.69 Å². The normalized spacial score (nSPS) is 14.4. The number of hydrogen-bond donors (Lipinski definition) is 2. The van der Waals surface area contributed by atoms with Gasteiger partial charge >= 0.3 is 11.9 Å². The topological polar surface area (TPSA) is 158 Å². The molecule has 1 aliphatic heterocycles. The third-order valence-corrected chi connectivity index (χ3v) is 5.42. The molecular formula is C28H26N4O5. The number of carbonyl (C=O) groups is 2. The number of nitrogens with zero attached hydrogens (tertiary/aromatic N) is 4. The number of anilines is 1. The number of carboxylic acids is 2. The number of aliphatic carboxylic acids is 2. The van der Waals surface area contributed by atoms with Crippen LogP contribution in [0.15, 0.2) is 77.1 Å². The third kappa shape index (κ3) is 7.99. The van der Waals surface area contributed by atoms with Crippen molar-refractivity contribution in [2.75, 3.05) is 18.0 Å². The molecule has 9 heteroatoms. The summed E-state index contributed by atoms with van der Waals surface area (Å²) in [5.41, 5.74) is 1.25. The molecule has 0 spiro atoms. The van der Waals surface area contributed by atoms with Crippen molar-refractivity contribution in [1.82, 2.24) is 0 Å². The zero-order valence-electron chi connectivity index (χ0n) is 20.5. The predicted octanol–water partition coefficient (Wildman–Crippen LogP) is 4.50. The summed E-state index contributed by atoms with van der Waals surface area (Å²) in [6.45, 7) is 4.59. The minimum absolute atomic E-state index is 0.0166. The van der Waals surface area contributed by atoms with E-state index in [1.54, 1.807) is 50.3 Å². The van der Waals surface area contributed by atoms with Gasteiger partial charge in [0.1, 0.15) is 29.4 Å². The average Bonchev–Trinajstić information content (AvgIpc) is 3.11. The Bertz CT molecular complexity index is 1270. The van der Waals surface area contributed by atoms with E-state index in [4.69, 9.17) is 14.9 Å². The maximum Gasteiger partial charge on any atom is 0.327 e. The van der Waals surface area contributed by atoms with Crippen LogP contribution in [0.2, 0.25) is 0 Å². The molecule has 188 valence electrons. The molecule has 0 saturated heterocycles. The van der Waals surface area contributed by atoms with Gasteiger partial charge in [-0.05, 0) is 44.4 Å². The number of rotatable bonds is 11. The van der Waals surface area contributed by atoms with E-state index < -0.39 is 17.5 Å². The molecule has 2 rings (SSSR count). The fraction of sp³-hybridized carbons (Fsp3) is 0.250. The van der Waals surface area contributed by atoms with Gasteiger partial charge in [-0.1, -0.05) is 36.4 Å². The molecule has 0 saturated carbocycles. The summed E-state index contributed by atoms with van der Waals surface area (Å²) in [6, 6.07) is 13.1. The van der Waals surface area contributed by atoms with Crippen molar-refractivity contribution in [3.63, 3.8) is 0 Å². The molecule has 0 unspecified atom stereocenters. The quantitative estimate of drug-likeness (QED) is 0.331. The molecule has 0 radical (unpaired) electrons. The minimum Gasteiger partial charge on any atom is -0.480 e. The van der Waals surface area contributed by atoms with Crippen LogP contribution in [0, 0.1) is 34.0 Å². The van der Waals surface area contributed by atoms with E-state index in [-0.39, 0.29) is 16.9 Å². The van der Waals surface area contributed by atoms with Crippen LogP contribution >= 0.6 is 0 Å². The van der Waals surface area contributed by atoms with Crippen LogP contribution < -0.4 is 4.90 Å². The first-order chi connectivity index (χ1) is 17.6. The summed E-state index contributed by atoms with van der Waals surface area (Å²) >= 11 is 0. The highest BCUT2D eigenvalue weighted by Crippen LogP contribution is 2.40. The van der Waals surface area contributed by atoms with Gasteiger partial charge in [-0.3, -0.25) is 0 Å². The Labute approximate surface area is 215 Å². The summed E-state index contributed by atoms with van der Waals surface area (Å²) in [5, 5.41) is 45.6. The Morgan fingerprint density at radius 2 is 1.49 bits per heavy atom. The molecule has 0 bridgehead atoms. The highest BCUT2D eigenvalue weighted by Gasteiger charge is 2.38. The molecule has 9 nitrogen and oxygen atoms in total. The van der Waals surface area contributed by atoms with Crippen molar-refractivity contribution in [1.29, 1.82) is 15.8 Å². The summed E-state index contributed by atoms with van der Waals surface area (Å²) in [5.74, 6) is -2.05. The minimum atomic E-state index is -1.02. The molecule has 0 atom stereocenters. The van der Waals surface area contributed by atoms with E-state index in [1.807, 2.05) is 35.2 Å². The number of nitriles is 3. The fourth-order valence-electron chi connectivity index (χ4n) is 3.66. The Kier molecular flexibility index (Phi) is 10.00. The van der Waals surface area contributed by atoms with Gasteiger partial charge in [-0.25, -0.2) is 9.59 Å². The number of allylic oxidation sites excluding steroid dienone is 2. The van der Waals surface area contributed by atoms with Gasteiger partial charge in [0, 0.05) is 36.5 Å². The first-order valence-electron chi connectivity index (χ1n) is 11.3. The van der Waals surface area contributed by atoms with Gasteiger partial charge in [0.2, 0.25) is 0 Å². The molecule has 0 amide bonds. The SMILES string of the molecule is CC1(C)OC(=C(C#N)C#N)C(C#N)=C1C=Cc1ccc(N(CCC=CC(=O)O)CC/C=C/C(=O)O)cc1. The lowest BCUT2D eigenvalue weighted by Crippen LogP contribution is -2.25. The molecule has 2 N–H and O–H groups in total. The van der Waals surface area contributed by atoms with Crippen LogP contribution in [0.3, 0.4) is 0 Å². The zero-order chi connectivity index (χ0) is 27.4. The number of carboxylic acid groups (broad SMARTS) is 2. The van der Waals surface area contributed by atoms with E-state index in [1.165, 1.54) is 0 Å². The van der Waals surface area contributed by atoms with Gasteiger partial charge in [0.05, 0.1) is 0 Å². The lowest BCUT2D eigenvalue weighted by molar-refractivity contribution is -0.132. The van der Waals surface area contributed by atoms with Gasteiger partial charge in [0.15, 0.2) is 11.3 Å². The highest BCUT2D eigenvalue weighted by molar-refractivity contribution is 5.80. The largest absolute Gasteiger partial charge is 0.480 e. The van der Waals surface area contributed by atoms with Crippen LogP contribution in [0.1, 0.15) is 32.3 Å². The van der Waals surface area contributed by atoms with E-state index in [0.717, 1.165) is 23.4 Å². The van der Waals surface area contributed by atoms with Crippen molar-refractivity contribution in [2.24, 2.45) is 0 Å². The molecule has 1 heterocycles. The number of ether oxygens (including phenoxy) is 1. The number of benzene rings is 1. The van der Waals surface area contributed by atoms with E-state index >= 15 is 0 Å². The summed E-state index contributed by atoms with van der Waals surface area (Å²) in [6.07, 6.45) is 9.85. The summed E-state index contributed by atoms with van der Waals surface area (Å²) in [4.78, 5) is 23.5. The molecule has 0 fully saturated rings. The second kappa shape index (κ2) is 13.1. The Morgan fingerprint density at radius 1 is 0.946 bits per heavy atom. The third-order valence-electron chi connectivity index (χ3n) is 5.42. The monoisotopic (exact) mass is 498 g/mol. The van der Waals surface area contributed by atoms with E-state index in [2.05, 4.69) is 0 Å². The molecule has 0 aromatic heterocycles. The number of hydrogen-bond acceptors (Lipinski definition) is 7. The van der Waals surface area contributed by atoms with E-state index in [9.17, 15) is 25.4 Å². The van der Waals surface area contributed by atoms with Crippen molar-refractivity contribution >= 4 is 23.7 Å². The smallest absolute Gasteiger partial charge is 0.327 e. The molecule has 1 aromatic rings. The first kappa shape index (κ1) is 28.2. The van der Waals surface area contributed by atoms with Crippen molar-refractivity contribution in [2.45, 2.75) is 32.3 Å². The van der Waals surface area contributed by atoms with Crippen molar-refractivity contribution < 1.29 is 24.5 Å². The molecule has 1 aromatic carbocycles. The maximum atomic E-state index is 10.7. The van der Waals surface area contributed by atoms with Gasteiger partial charge in [0.25, 0.3) is 0 Å². The van der Waals surface area contributed by atoms with Crippen LogP contribution in [-0.4, -0.2) is 40.8 Å². The van der Waals surface area contributed by atoms with Crippen LogP contribution in [0.5, 0.6) is 0 Å². The van der Waals surface area contributed by atoms with Gasteiger partial charge in [-0.2, -0.15) is 15.8 Å². The standard InChI is InChI=1S/C28H26N4O5/c1-28(2)24(23(19-31)27(37-28)21(17-29)18-30)14-11-20-9-12-22(13-10-20)32(15-5-3-7-25(33)34)16-6-4-8-26(35)36/h3-4,7-14H,5-6,15-16H2,1-2H3,(H,33,34)(H,35,36)/b7-3+,8-4?,14-11?. The Hall–Kier alpha value is -5.07. The Balaban J connectivity index is 2.28. The van der Waals surface area contributed by atoms with Crippen LogP contribution in [0.25, 0.3) is 6.08 Å². The summed E-state index contributed by atoms with van der Waals surface area (Å²) in [7, 11) is 0. The lowest BCUT2D eigenvalue weighted by atomic mass is 9.94. The maximum absolute atomic E-state index is 10.7. The molecule has 37 heavy (non-hydrogen) atoms. The first-order valence-corrected chi connectivity index (χ1v) is 11.3. The average molecular weight is 499 g/mol. The van der Waals surface area contributed by atoms with E-state index in [0.29, 0.717) is 31.5 Å². The summed E-state index contributed by atoms with van der Waals surface area (Å²) < 4.78 is 5.77. The van der Waals surface area contributed by atoms with Gasteiger partial charge in [-0.15, -0.1) is 0 Å². The molecular weight excluding hydrogens is 472 g/mol. The fourth-order valence-corrected chi connectivity index (χ4v) is 3.66. The predicted molar refractivity (Wildman–Crippen MR) is 137 cm³/mol. The highest BCUT2D eigenvalue weighted by atomic mass is 16.5. The molecule has 1 aliphatic rings. The zero-order valence-corrected chi connectivity index (χ0v) is 20.5. The van der Waals surface area contributed by atoms with Gasteiger partial charge < -0.3 is 19.8 Å². The van der Waals surface area contributed by atoms with Crippen LogP contribution in [-0.2, 0) is 14.3 Å². The van der Waals surface area contributed by atoms with Crippen molar-refractivity contribution in [3.05, 3.63) is 82.7 Å². The second-order valence-electron chi connectivity index (χ2n) is 8.41. The molecule has 0 aliphatic carbocycles. The lowest BCUT2D eigenvalue weighted by Gasteiger charge is -2.24. The Morgan fingerprint density at radius 3 is 1.95 bits per heavy atom.